The van der Waals surface area contributed by atoms with E-state index in [2.05, 4.69) is 63.0 Å². The van der Waals surface area contributed by atoms with Crippen LogP contribution in [0.1, 0.15) is 58.2 Å². The number of rotatable bonds is 6. The van der Waals surface area contributed by atoms with E-state index in [4.69, 9.17) is 4.98 Å². The maximum Gasteiger partial charge on any atom is 0.256 e. The van der Waals surface area contributed by atoms with Gasteiger partial charge in [0.15, 0.2) is 5.16 Å². The fourth-order valence-corrected chi connectivity index (χ4v) is 10.6. The van der Waals surface area contributed by atoms with Crippen molar-refractivity contribution >= 4 is 30.9 Å². The molecule has 0 fully saturated rings. The molecule has 0 bridgehead atoms. The second-order valence-corrected chi connectivity index (χ2v) is 15.8. The lowest BCUT2D eigenvalue weighted by Gasteiger charge is -2.38. The Labute approximate surface area is 202 Å². The molecule has 5 nitrogen and oxygen atoms in total. The summed E-state index contributed by atoms with van der Waals surface area (Å²) in [5.74, 6) is 3.51. The molecule has 174 valence electrons. The van der Waals surface area contributed by atoms with Gasteiger partial charge in [-0.2, -0.15) is 0 Å². The van der Waals surface area contributed by atoms with Gasteiger partial charge in [-0.15, -0.1) is 5.54 Å². The van der Waals surface area contributed by atoms with Crippen molar-refractivity contribution < 1.29 is 0 Å². The fraction of sp³-hybridized carbons (Fsp3) is 0.462. The number of fused-ring (bicyclic) bond motifs is 1. The normalized spacial score (nSPS) is 12.0. The average molecular weight is 479 g/mol. The summed E-state index contributed by atoms with van der Waals surface area (Å²) in [5.41, 5.74) is 8.34. The van der Waals surface area contributed by atoms with Gasteiger partial charge < -0.3 is 0 Å². The maximum atomic E-state index is 13.6. The molecule has 0 aliphatic rings. The molecule has 0 saturated heterocycles. The van der Waals surface area contributed by atoms with Crippen LogP contribution in [0, 0.1) is 18.4 Å². The van der Waals surface area contributed by atoms with Crippen molar-refractivity contribution in [2.24, 2.45) is 0 Å². The minimum absolute atomic E-state index is 0.0553. The van der Waals surface area contributed by atoms with Crippen LogP contribution in [0.5, 0.6) is 0 Å². The Morgan fingerprint density at radius 1 is 1.06 bits per heavy atom. The summed E-state index contributed by atoms with van der Waals surface area (Å²) in [5, 5.41) is 1.48. The lowest BCUT2D eigenvalue weighted by atomic mass is 10.1. The van der Waals surface area contributed by atoms with Crippen molar-refractivity contribution in [1.82, 2.24) is 19.5 Å². The van der Waals surface area contributed by atoms with Gasteiger partial charge in [-0.25, -0.2) is 9.97 Å². The molecular weight excluding hydrogens is 444 g/mol. The number of nitrogens with zero attached hydrogens (tertiary/aromatic N) is 4. The first-order chi connectivity index (χ1) is 15.6. The maximum absolute atomic E-state index is 13.6. The minimum Gasteiger partial charge on any atom is -0.288 e. The Kier molecular flexibility index (Phi) is 7.81. The summed E-state index contributed by atoms with van der Waals surface area (Å²) in [6.45, 7) is 16.1. The van der Waals surface area contributed by atoms with E-state index in [9.17, 15) is 4.79 Å². The molecule has 3 heterocycles. The molecule has 0 aliphatic carbocycles. The van der Waals surface area contributed by atoms with Crippen LogP contribution in [0.3, 0.4) is 0 Å². The quantitative estimate of drug-likeness (QED) is 0.193. The Bertz CT molecular complexity index is 1230. The van der Waals surface area contributed by atoms with Gasteiger partial charge in [0.2, 0.25) is 0 Å². The second kappa shape index (κ2) is 10.2. The van der Waals surface area contributed by atoms with Crippen LogP contribution in [-0.4, -0.2) is 33.8 Å². The van der Waals surface area contributed by atoms with Gasteiger partial charge in [0.05, 0.1) is 11.9 Å². The molecular formula is C26H34N4OSSi. The standard InChI is InChI=1S/C26H34N4OSSi/c1-17(2)33(18(3)4,19(5)6)14-11-22-20(7)25(31)30(16-21-9-12-27-13-10-21)24-23(22)15-28-26(29-24)32-8/h9-10,12-13,15,17-19H,16H2,1-8H3. The average Bonchev–Trinajstić information content (AvgIpc) is 2.78. The molecule has 3 aromatic rings. The molecule has 7 heteroatoms. The summed E-state index contributed by atoms with van der Waals surface area (Å²) in [7, 11) is -1.95. The van der Waals surface area contributed by atoms with E-state index in [0.29, 0.717) is 39.5 Å². The van der Waals surface area contributed by atoms with Gasteiger partial charge in [-0.05, 0) is 47.5 Å². The number of hydrogen-bond donors (Lipinski definition) is 0. The summed E-state index contributed by atoms with van der Waals surface area (Å²) in [4.78, 5) is 26.9. The van der Waals surface area contributed by atoms with Crippen molar-refractivity contribution in [3.8, 4) is 11.5 Å². The molecule has 0 aromatic carbocycles. The first-order valence-electron chi connectivity index (χ1n) is 11.5. The van der Waals surface area contributed by atoms with Crippen LogP contribution in [0.25, 0.3) is 11.0 Å². The van der Waals surface area contributed by atoms with Crippen molar-refractivity contribution in [2.75, 3.05) is 6.26 Å². The van der Waals surface area contributed by atoms with Gasteiger partial charge in [-0.3, -0.25) is 14.3 Å². The lowest BCUT2D eigenvalue weighted by Crippen LogP contribution is -2.43. The predicted molar refractivity (Wildman–Crippen MR) is 142 cm³/mol. The van der Waals surface area contributed by atoms with Gasteiger partial charge in [-0.1, -0.05) is 59.2 Å². The highest BCUT2D eigenvalue weighted by molar-refractivity contribution is 7.98. The van der Waals surface area contributed by atoms with Gasteiger partial charge in [0.1, 0.15) is 13.7 Å². The molecule has 0 saturated carbocycles. The molecule has 0 spiro atoms. The zero-order valence-corrected chi connectivity index (χ0v) is 22.7. The van der Waals surface area contributed by atoms with E-state index in [1.807, 2.05) is 31.5 Å². The minimum atomic E-state index is -1.95. The number of thioether (sulfide) groups is 1. The molecule has 0 amide bonds. The van der Waals surface area contributed by atoms with E-state index in [1.165, 1.54) is 11.8 Å². The van der Waals surface area contributed by atoms with Gasteiger partial charge in [0, 0.05) is 29.7 Å². The highest BCUT2D eigenvalue weighted by Crippen LogP contribution is 2.41. The lowest BCUT2D eigenvalue weighted by molar-refractivity contribution is 0.763. The SMILES string of the molecule is CSc1ncc2c(C#C[Si](C(C)C)(C(C)C)C(C)C)c(C)c(=O)n(Cc3ccncc3)c2n1. The Hall–Kier alpha value is -2.43. The zero-order chi connectivity index (χ0) is 24.3. The molecule has 0 aliphatic heterocycles. The third kappa shape index (κ3) is 4.78. The van der Waals surface area contributed by atoms with Crippen LogP contribution >= 0.6 is 11.8 Å². The van der Waals surface area contributed by atoms with E-state index >= 15 is 0 Å². The Balaban J connectivity index is 2.32. The topological polar surface area (TPSA) is 60.7 Å². The Morgan fingerprint density at radius 3 is 2.21 bits per heavy atom. The zero-order valence-electron chi connectivity index (χ0n) is 20.9. The third-order valence-electron chi connectivity index (χ3n) is 6.76. The highest BCUT2D eigenvalue weighted by atomic mass is 32.2. The van der Waals surface area contributed by atoms with Crippen LogP contribution in [-0.2, 0) is 6.54 Å². The monoisotopic (exact) mass is 478 g/mol. The molecule has 0 N–H and O–H groups in total. The third-order valence-corrected chi connectivity index (χ3v) is 13.6. The summed E-state index contributed by atoms with van der Waals surface area (Å²) >= 11 is 1.47. The van der Waals surface area contributed by atoms with Crippen molar-refractivity contribution in [1.29, 1.82) is 0 Å². The van der Waals surface area contributed by atoms with E-state index in [0.717, 1.165) is 16.5 Å². The summed E-state index contributed by atoms with van der Waals surface area (Å²) < 4.78 is 1.74. The first kappa shape index (κ1) is 25.2. The van der Waals surface area contributed by atoms with Crippen LogP contribution in [0.15, 0.2) is 40.7 Å². The molecule has 3 aromatic heterocycles. The van der Waals surface area contributed by atoms with E-state index in [1.54, 1.807) is 17.0 Å². The highest BCUT2D eigenvalue weighted by Gasteiger charge is 2.41. The summed E-state index contributed by atoms with van der Waals surface area (Å²) in [6, 6.07) is 3.84. The predicted octanol–water partition coefficient (Wildman–Crippen LogP) is 5.83. The first-order valence-corrected chi connectivity index (χ1v) is 14.9. The molecule has 0 radical (unpaired) electrons. The van der Waals surface area contributed by atoms with Gasteiger partial charge in [0.25, 0.3) is 5.56 Å². The number of hydrogen-bond acceptors (Lipinski definition) is 5. The van der Waals surface area contributed by atoms with Crippen molar-refractivity contribution in [2.45, 2.75) is 76.8 Å². The fourth-order valence-electron chi connectivity index (χ4n) is 5.03. The van der Waals surface area contributed by atoms with Crippen molar-refractivity contribution in [3.63, 3.8) is 0 Å². The molecule has 3 rings (SSSR count). The largest absolute Gasteiger partial charge is 0.288 e. The van der Waals surface area contributed by atoms with Crippen LogP contribution in [0.2, 0.25) is 16.6 Å². The second-order valence-electron chi connectivity index (χ2n) is 9.49. The van der Waals surface area contributed by atoms with E-state index in [-0.39, 0.29) is 5.56 Å². The molecule has 0 atom stereocenters. The van der Waals surface area contributed by atoms with Crippen LogP contribution < -0.4 is 5.56 Å². The molecule has 33 heavy (non-hydrogen) atoms. The Morgan fingerprint density at radius 2 is 1.67 bits per heavy atom. The summed E-state index contributed by atoms with van der Waals surface area (Å²) in [6.07, 6.45) is 7.25. The number of aromatic nitrogens is 4. The van der Waals surface area contributed by atoms with E-state index < -0.39 is 8.07 Å². The molecule has 0 unspecified atom stereocenters. The van der Waals surface area contributed by atoms with Crippen LogP contribution in [0.4, 0.5) is 0 Å². The number of pyridine rings is 2. The van der Waals surface area contributed by atoms with Crippen molar-refractivity contribution in [3.05, 3.63) is 57.8 Å². The van der Waals surface area contributed by atoms with Gasteiger partial charge >= 0.3 is 0 Å². The smallest absolute Gasteiger partial charge is 0.256 e.